The molecule has 76 valence electrons. The Balaban J connectivity index is 2.43. The normalized spacial score (nSPS) is 19.5. The van der Waals surface area contributed by atoms with Crippen LogP contribution in [0.2, 0.25) is 0 Å². The summed E-state index contributed by atoms with van der Waals surface area (Å²) >= 11 is 0. The van der Waals surface area contributed by atoms with Crippen LogP contribution >= 0.6 is 0 Å². The minimum absolute atomic E-state index is 0.652. The molecule has 4 heteroatoms. The summed E-state index contributed by atoms with van der Waals surface area (Å²) in [5.74, 6) is 2.13. The molecule has 14 heavy (non-hydrogen) atoms. The highest BCUT2D eigenvalue weighted by atomic mass is 32.2. The maximum Gasteiger partial charge on any atom is 0.164 e. The molecule has 0 aliphatic carbocycles. The van der Waals surface area contributed by atoms with Gasteiger partial charge in [-0.15, -0.1) is 0 Å². The summed E-state index contributed by atoms with van der Waals surface area (Å²) < 4.78 is 16.4. The lowest BCUT2D eigenvalue weighted by molar-refractivity contribution is 0.681. The molecule has 0 bridgehead atoms. The van der Waals surface area contributed by atoms with Crippen molar-refractivity contribution in [1.82, 2.24) is 4.98 Å². The van der Waals surface area contributed by atoms with Crippen molar-refractivity contribution >= 4 is 15.5 Å². The second-order valence-corrected chi connectivity index (χ2v) is 6.17. The number of pyridine rings is 1. The lowest BCUT2D eigenvalue weighted by atomic mass is 10.3. The Labute approximate surface area is 84.7 Å². The zero-order valence-electron chi connectivity index (χ0n) is 8.27. The maximum absolute atomic E-state index is 12.1. The van der Waals surface area contributed by atoms with E-state index in [9.17, 15) is 4.21 Å². The van der Waals surface area contributed by atoms with Gasteiger partial charge in [0.25, 0.3) is 0 Å². The number of aryl methyl sites for hydroxylation is 1. The highest BCUT2D eigenvalue weighted by Gasteiger charge is 2.16. The molecule has 1 fully saturated rings. The highest BCUT2D eigenvalue weighted by molar-refractivity contribution is 7.93. The second kappa shape index (κ2) is 3.69. The third-order valence-corrected chi connectivity index (χ3v) is 4.77. The predicted octanol–water partition coefficient (Wildman–Crippen LogP) is 2.28. The van der Waals surface area contributed by atoms with Crippen LogP contribution in [-0.4, -0.2) is 20.7 Å². The molecule has 0 N–H and O–H groups in total. The van der Waals surface area contributed by atoms with Gasteiger partial charge >= 0.3 is 0 Å². The van der Waals surface area contributed by atoms with Crippen LogP contribution in [0.5, 0.6) is 0 Å². The SMILES string of the molecule is Cc1cccnc1N=S1(=O)CCCC1. The highest BCUT2D eigenvalue weighted by Crippen LogP contribution is 2.21. The Bertz CT molecular complexity index is 435. The predicted molar refractivity (Wildman–Crippen MR) is 58.2 cm³/mol. The van der Waals surface area contributed by atoms with Crippen LogP contribution in [0, 0.1) is 6.92 Å². The van der Waals surface area contributed by atoms with Gasteiger partial charge in [-0.05, 0) is 31.4 Å². The minimum Gasteiger partial charge on any atom is -0.249 e. The molecule has 2 heterocycles. The van der Waals surface area contributed by atoms with Crippen LogP contribution in [0.15, 0.2) is 22.7 Å². The largest absolute Gasteiger partial charge is 0.249 e. The van der Waals surface area contributed by atoms with E-state index in [0.29, 0.717) is 5.82 Å². The molecule has 0 spiro atoms. The Morgan fingerprint density at radius 3 is 2.79 bits per heavy atom. The Morgan fingerprint density at radius 1 is 1.43 bits per heavy atom. The summed E-state index contributed by atoms with van der Waals surface area (Å²) in [5.41, 5.74) is 1.00. The van der Waals surface area contributed by atoms with Gasteiger partial charge in [-0.25, -0.2) is 9.19 Å². The number of hydrogen-bond donors (Lipinski definition) is 0. The Kier molecular flexibility index (Phi) is 2.54. The smallest absolute Gasteiger partial charge is 0.164 e. The van der Waals surface area contributed by atoms with Gasteiger partial charge in [-0.2, -0.15) is 4.36 Å². The van der Waals surface area contributed by atoms with Crippen molar-refractivity contribution < 1.29 is 4.21 Å². The molecule has 0 aromatic carbocycles. The molecule has 1 aliphatic rings. The van der Waals surface area contributed by atoms with Gasteiger partial charge in [0.2, 0.25) is 0 Å². The van der Waals surface area contributed by atoms with Crippen molar-refractivity contribution in [3.05, 3.63) is 23.9 Å². The van der Waals surface area contributed by atoms with Crippen molar-refractivity contribution in [2.24, 2.45) is 4.36 Å². The van der Waals surface area contributed by atoms with E-state index in [2.05, 4.69) is 9.35 Å². The van der Waals surface area contributed by atoms with Crippen LogP contribution in [0.4, 0.5) is 5.82 Å². The Hall–Kier alpha value is -0.900. The Morgan fingerprint density at radius 2 is 2.14 bits per heavy atom. The number of aromatic nitrogens is 1. The number of rotatable bonds is 1. The van der Waals surface area contributed by atoms with Crippen LogP contribution < -0.4 is 0 Å². The van der Waals surface area contributed by atoms with Crippen molar-refractivity contribution in [2.75, 3.05) is 11.5 Å². The quantitative estimate of drug-likeness (QED) is 0.713. The van der Waals surface area contributed by atoms with Crippen LogP contribution in [0.3, 0.4) is 0 Å². The lowest BCUT2D eigenvalue weighted by Gasteiger charge is -2.01. The second-order valence-electron chi connectivity index (χ2n) is 3.62. The topological polar surface area (TPSA) is 42.3 Å². The summed E-state index contributed by atoms with van der Waals surface area (Å²) in [6.45, 7) is 1.95. The summed E-state index contributed by atoms with van der Waals surface area (Å²) in [5, 5.41) is 0. The van der Waals surface area contributed by atoms with Gasteiger partial charge in [-0.3, -0.25) is 0 Å². The third-order valence-electron chi connectivity index (χ3n) is 2.41. The van der Waals surface area contributed by atoms with E-state index in [1.54, 1.807) is 6.20 Å². The molecule has 0 unspecified atom stereocenters. The first kappa shape index (κ1) is 9.65. The molecule has 0 saturated carbocycles. The first-order chi connectivity index (χ1) is 6.70. The number of hydrogen-bond acceptors (Lipinski definition) is 3. The molecular weight excluding hydrogens is 196 g/mol. The zero-order valence-corrected chi connectivity index (χ0v) is 9.09. The van der Waals surface area contributed by atoms with E-state index in [4.69, 9.17) is 0 Å². The molecule has 1 aromatic rings. The van der Waals surface area contributed by atoms with Crippen LogP contribution in [0.25, 0.3) is 0 Å². The van der Waals surface area contributed by atoms with Crippen molar-refractivity contribution in [2.45, 2.75) is 19.8 Å². The van der Waals surface area contributed by atoms with Crippen LogP contribution in [0.1, 0.15) is 18.4 Å². The summed E-state index contributed by atoms with van der Waals surface area (Å²) in [4.78, 5) is 4.14. The van der Waals surface area contributed by atoms with E-state index in [1.165, 1.54) is 0 Å². The first-order valence-electron chi connectivity index (χ1n) is 4.84. The fourth-order valence-corrected chi connectivity index (χ4v) is 3.78. The summed E-state index contributed by atoms with van der Waals surface area (Å²) in [6.07, 6.45) is 3.77. The zero-order chi connectivity index (χ0) is 10.0. The summed E-state index contributed by atoms with van der Waals surface area (Å²) in [6, 6.07) is 3.82. The fraction of sp³-hybridized carbons (Fsp3) is 0.500. The molecule has 0 atom stereocenters. The minimum atomic E-state index is -1.97. The van der Waals surface area contributed by atoms with Gasteiger partial charge < -0.3 is 0 Å². The van der Waals surface area contributed by atoms with E-state index >= 15 is 0 Å². The van der Waals surface area contributed by atoms with Gasteiger partial charge in [0, 0.05) is 17.7 Å². The molecule has 1 aliphatic heterocycles. The average Bonchev–Trinajstić information content (AvgIpc) is 2.57. The molecule has 2 rings (SSSR count). The third kappa shape index (κ3) is 1.95. The van der Waals surface area contributed by atoms with Crippen molar-refractivity contribution in [3.8, 4) is 0 Å². The van der Waals surface area contributed by atoms with Crippen molar-refractivity contribution in [3.63, 3.8) is 0 Å². The van der Waals surface area contributed by atoms with Crippen molar-refractivity contribution in [1.29, 1.82) is 0 Å². The monoisotopic (exact) mass is 210 g/mol. The molecule has 1 saturated heterocycles. The standard InChI is InChI=1S/C10H14N2OS/c1-9-5-4-6-11-10(9)12-14(13)7-2-3-8-14/h4-6H,2-3,7-8H2,1H3. The summed E-state index contributed by atoms with van der Waals surface area (Å²) in [7, 11) is -1.97. The fourth-order valence-electron chi connectivity index (χ4n) is 1.58. The first-order valence-corrected chi connectivity index (χ1v) is 6.69. The maximum atomic E-state index is 12.1. The molecule has 3 nitrogen and oxygen atoms in total. The van der Waals surface area contributed by atoms with E-state index < -0.39 is 9.73 Å². The van der Waals surface area contributed by atoms with Gasteiger partial charge in [0.15, 0.2) is 5.82 Å². The van der Waals surface area contributed by atoms with Gasteiger partial charge in [0.1, 0.15) is 0 Å². The van der Waals surface area contributed by atoms with E-state index in [-0.39, 0.29) is 0 Å². The van der Waals surface area contributed by atoms with Crippen LogP contribution in [-0.2, 0) is 9.73 Å². The molecule has 1 aromatic heterocycles. The van der Waals surface area contributed by atoms with E-state index in [0.717, 1.165) is 29.9 Å². The average molecular weight is 210 g/mol. The molecular formula is C10H14N2OS. The van der Waals surface area contributed by atoms with Gasteiger partial charge in [0.05, 0.1) is 9.73 Å². The van der Waals surface area contributed by atoms with E-state index in [1.807, 2.05) is 19.1 Å². The lowest BCUT2D eigenvalue weighted by Crippen LogP contribution is -2.00. The number of nitrogens with zero attached hydrogens (tertiary/aromatic N) is 2. The molecule has 0 amide bonds. The van der Waals surface area contributed by atoms with Gasteiger partial charge in [-0.1, -0.05) is 6.07 Å². The molecule has 0 radical (unpaired) electrons.